The second kappa shape index (κ2) is 4.96. The minimum absolute atomic E-state index is 0.220. The van der Waals surface area contributed by atoms with E-state index in [4.69, 9.17) is 5.73 Å². The van der Waals surface area contributed by atoms with E-state index < -0.39 is 10.0 Å². The van der Waals surface area contributed by atoms with E-state index in [1.807, 2.05) is 0 Å². The summed E-state index contributed by atoms with van der Waals surface area (Å²) < 4.78 is 27.2. The van der Waals surface area contributed by atoms with Crippen LogP contribution in [0.1, 0.15) is 19.3 Å². The van der Waals surface area contributed by atoms with Crippen molar-refractivity contribution < 1.29 is 8.42 Å². The third-order valence-corrected chi connectivity index (χ3v) is 5.21. The Morgan fingerprint density at radius 1 is 1.41 bits per heavy atom. The molecule has 1 fully saturated rings. The zero-order valence-electron chi connectivity index (χ0n) is 9.32. The zero-order valence-corrected chi connectivity index (χ0v) is 11.7. The first-order valence-corrected chi connectivity index (χ1v) is 7.81. The molecular weight excluding hydrogens is 304 g/mol. The van der Waals surface area contributed by atoms with E-state index in [2.05, 4.69) is 20.7 Å². The molecule has 94 valence electrons. The standard InChI is InChI=1S/C11H15BrN2O2S/c12-10-5-4-9(6-11(10)13)17(15,16)14-7-8-2-1-3-8/h4-6,8,14H,1-3,7,13H2. The first kappa shape index (κ1) is 12.9. The van der Waals surface area contributed by atoms with Crippen LogP contribution in [0.5, 0.6) is 0 Å². The number of nitrogen functional groups attached to an aromatic ring is 1. The Morgan fingerprint density at radius 2 is 2.12 bits per heavy atom. The predicted octanol–water partition coefficient (Wildman–Crippen LogP) is 2.11. The van der Waals surface area contributed by atoms with Gasteiger partial charge >= 0.3 is 0 Å². The highest BCUT2D eigenvalue weighted by Gasteiger charge is 2.21. The van der Waals surface area contributed by atoms with Gasteiger partial charge < -0.3 is 5.73 Å². The van der Waals surface area contributed by atoms with Gasteiger partial charge in [-0.3, -0.25) is 0 Å². The lowest BCUT2D eigenvalue weighted by atomic mass is 9.86. The number of anilines is 1. The van der Waals surface area contributed by atoms with Crippen molar-refractivity contribution in [1.29, 1.82) is 0 Å². The van der Waals surface area contributed by atoms with Gasteiger partial charge in [-0.25, -0.2) is 13.1 Å². The minimum atomic E-state index is -3.42. The molecule has 3 N–H and O–H groups in total. The van der Waals surface area contributed by atoms with Crippen LogP contribution in [0.25, 0.3) is 0 Å². The molecule has 1 aromatic carbocycles. The van der Waals surface area contributed by atoms with Crippen molar-refractivity contribution >= 4 is 31.6 Å². The summed E-state index contributed by atoms with van der Waals surface area (Å²) in [5.41, 5.74) is 6.10. The largest absolute Gasteiger partial charge is 0.398 e. The molecule has 0 unspecified atom stereocenters. The van der Waals surface area contributed by atoms with Gasteiger partial charge in [0.1, 0.15) is 0 Å². The number of halogens is 1. The molecule has 4 nitrogen and oxygen atoms in total. The van der Waals surface area contributed by atoms with Gasteiger partial charge in [0.05, 0.1) is 4.90 Å². The highest BCUT2D eigenvalue weighted by Crippen LogP contribution is 2.26. The van der Waals surface area contributed by atoms with E-state index in [0.717, 1.165) is 12.8 Å². The van der Waals surface area contributed by atoms with Crippen LogP contribution in [0.3, 0.4) is 0 Å². The highest BCUT2D eigenvalue weighted by molar-refractivity contribution is 9.10. The van der Waals surface area contributed by atoms with Crippen molar-refractivity contribution in [2.75, 3.05) is 12.3 Å². The van der Waals surface area contributed by atoms with Gasteiger partial charge in [-0.15, -0.1) is 0 Å². The van der Waals surface area contributed by atoms with Gasteiger partial charge in [-0.1, -0.05) is 6.42 Å². The monoisotopic (exact) mass is 318 g/mol. The summed E-state index contributed by atoms with van der Waals surface area (Å²) in [5.74, 6) is 0.498. The molecule has 0 saturated heterocycles. The van der Waals surface area contributed by atoms with Crippen molar-refractivity contribution in [3.63, 3.8) is 0 Å². The van der Waals surface area contributed by atoms with E-state index >= 15 is 0 Å². The molecule has 0 spiro atoms. The summed E-state index contributed by atoms with van der Waals surface area (Å²) in [6.07, 6.45) is 3.44. The van der Waals surface area contributed by atoms with E-state index in [1.54, 1.807) is 12.1 Å². The highest BCUT2D eigenvalue weighted by atomic mass is 79.9. The lowest BCUT2D eigenvalue weighted by Gasteiger charge is -2.25. The first-order chi connectivity index (χ1) is 7.99. The Morgan fingerprint density at radius 3 is 2.65 bits per heavy atom. The molecule has 0 atom stereocenters. The maximum atomic E-state index is 12.0. The number of sulfonamides is 1. The second-order valence-electron chi connectivity index (χ2n) is 4.33. The Hall–Kier alpha value is -0.590. The maximum Gasteiger partial charge on any atom is 0.240 e. The number of rotatable bonds is 4. The molecule has 0 amide bonds. The van der Waals surface area contributed by atoms with Crippen molar-refractivity contribution in [2.45, 2.75) is 24.2 Å². The molecular formula is C11H15BrN2O2S. The molecule has 0 aliphatic heterocycles. The van der Waals surface area contributed by atoms with E-state index in [9.17, 15) is 8.42 Å². The average molecular weight is 319 g/mol. The van der Waals surface area contributed by atoms with Gasteiger partial charge in [-0.2, -0.15) is 0 Å². The summed E-state index contributed by atoms with van der Waals surface area (Å²) in [6, 6.07) is 4.66. The van der Waals surface area contributed by atoms with Crippen molar-refractivity contribution in [2.24, 2.45) is 5.92 Å². The van der Waals surface area contributed by atoms with Gasteiger partial charge in [0, 0.05) is 16.7 Å². The predicted molar refractivity (Wildman–Crippen MR) is 71.1 cm³/mol. The van der Waals surface area contributed by atoms with Gasteiger partial charge in [0.25, 0.3) is 0 Å². The van der Waals surface area contributed by atoms with Crippen LogP contribution < -0.4 is 10.5 Å². The number of hydrogen-bond acceptors (Lipinski definition) is 3. The second-order valence-corrected chi connectivity index (χ2v) is 6.95. The molecule has 0 aromatic heterocycles. The summed E-state index contributed by atoms with van der Waals surface area (Å²) >= 11 is 3.24. The van der Waals surface area contributed by atoms with Crippen LogP contribution >= 0.6 is 15.9 Å². The fourth-order valence-electron chi connectivity index (χ4n) is 1.70. The summed E-state index contributed by atoms with van der Waals surface area (Å²) in [6.45, 7) is 0.526. The summed E-state index contributed by atoms with van der Waals surface area (Å²) in [4.78, 5) is 0.220. The van der Waals surface area contributed by atoms with Crippen LogP contribution in [0.15, 0.2) is 27.6 Å². The number of nitrogens with one attached hydrogen (secondary N) is 1. The maximum absolute atomic E-state index is 12.0. The van der Waals surface area contributed by atoms with Gasteiger partial charge in [0.15, 0.2) is 0 Å². The lowest BCUT2D eigenvalue weighted by Crippen LogP contribution is -2.32. The average Bonchev–Trinajstić information content (AvgIpc) is 2.19. The molecule has 2 rings (SSSR count). The summed E-state index contributed by atoms with van der Waals surface area (Å²) in [7, 11) is -3.42. The number of hydrogen-bond donors (Lipinski definition) is 2. The smallest absolute Gasteiger partial charge is 0.240 e. The van der Waals surface area contributed by atoms with Crippen LogP contribution in [0, 0.1) is 5.92 Å². The zero-order chi connectivity index (χ0) is 12.5. The molecule has 1 aliphatic carbocycles. The molecule has 0 heterocycles. The quantitative estimate of drug-likeness (QED) is 0.835. The molecule has 1 aliphatic rings. The van der Waals surface area contributed by atoms with E-state index in [-0.39, 0.29) is 4.90 Å². The van der Waals surface area contributed by atoms with Crippen molar-refractivity contribution in [3.8, 4) is 0 Å². The molecule has 1 aromatic rings. The SMILES string of the molecule is Nc1cc(S(=O)(=O)NCC2CCC2)ccc1Br. The Bertz CT molecular complexity index is 512. The van der Waals surface area contributed by atoms with E-state index in [1.165, 1.54) is 12.5 Å². The van der Waals surface area contributed by atoms with Crippen molar-refractivity contribution in [3.05, 3.63) is 22.7 Å². The number of benzene rings is 1. The topological polar surface area (TPSA) is 72.2 Å². The molecule has 0 radical (unpaired) electrons. The Kier molecular flexibility index (Phi) is 3.75. The number of nitrogens with two attached hydrogens (primary N) is 1. The fourth-order valence-corrected chi connectivity index (χ4v) is 3.09. The molecule has 0 bridgehead atoms. The van der Waals surface area contributed by atoms with Crippen LogP contribution in [0.2, 0.25) is 0 Å². The van der Waals surface area contributed by atoms with E-state index in [0.29, 0.717) is 22.6 Å². The van der Waals surface area contributed by atoms with Crippen LogP contribution in [0.4, 0.5) is 5.69 Å². The van der Waals surface area contributed by atoms with Crippen LogP contribution in [-0.4, -0.2) is 15.0 Å². The Labute approximate surface area is 110 Å². The lowest BCUT2D eigenvalue weighted by molar-refractivity contribution is 0.316. The third kappa shape index (κ3) is 3.00. The van der Waals surface area contributed by atoms with Crippen molar-refractivity contribution in [1.82, 2.24) is 4.72 Å². The molecule has 17 heavy (non-hydrogen) atoms. The fraction of sp³-hybridized carbons (Fsp3) is 0.455. The first-order valence-electron chi connectivity index (χ1n) is 5.54. The van der Waals surface area contributed by atoms with Gasteiger partial charge in [0.2, 0.25) is 10.0 Å². The summed E-state index contributed by atoms with van der Waals surface area (Å²) in [5, 5.41) is 0. The third-order valence-electron chi connectivity index (χ3n) is 3.06. The van der Waals surface area contributed by atoms with Gasteiger partial charge in [-0.05, 0) is 52.9 Å². The minimum Gasteiger partial charge on any atom is -0.398 e. The molecule has 6 heteroatoms. The van der Waals surface area contributed by atoms with Crippen LogP contribution in [-0.2, 0) is 10.0 Å². The molecule has 1 saturated carbocycles. The normalized spacial score (nSPS) is 16.8. The Balaban J connectivity index is 2.10.